The van der Waals surface area contributed by atoms with Crippen LogP contribution in [0.3, 0.4) is 0 Å². The number of hydrogen-bond donors (Lipinski definition) is 0. The predicted molar refractivity (Wildman–Crippen MR) is 71.0 cm³/mol. The topological polar surface area (TPSA) is 36.9 Å². The summed E-state index contributed by atoms with van der Waals surface area (Å²) in [5.74, 6) is 0.576. The minimum Gasteiger partial charge on any atom is -0.377 e. The molecule has 1 unspecified atom stereocenters. The van der Waals surface area contributed by atoms with E-state index in [-0.39, 0.29) is 0 Å². The number of hydrogen-bond acceptors (Lipinski definition) is 4. The highest BCUT2D eigenvalue weighted by atomic mass is 28.4. The normalized spacial score (nSPS) is 13.6. The molecule has 0 amide bonds. The second kappa shape index (κ2) is 9.79. The molecular weight excluding hydrogens is 236 g/mol. The Morgan fingerprint density at radius 2 is 1.71 bits per heavy atom. The molecule has 0 heterocycles. The summed E-state index contributed by atoms with van der Waals surface area (Å²) in [5.41, 5.74) is 0. The summed E-state index contributed by atoms with van der Waals surface area (Å²) in [4.78, 5) is 0. The average molecular weight is 262 g/mol. The van der Waals surface area contributed by atoms with Crippen molar-refractivity contribution in [2.75, 3.05) is 34.5 Å². The van der Waals surface area contributed by atoms with Crippen LogP contribution in [0.2, 0.25) is 6.04 Å². The van der Waals surface area contributed by atoms with Gasteiger partial charge in [-0.25, -0.2) is 0 Å². The lowest BCUT2D eigenvalue weighted by molar-refractivity contribution is 0.118. The van der Waals surface area contributed by atoms with Crippen molar-refractivity contribution in [3.63, 3.8) is 0 Å². The van der Waals surface area contributed by atoms with E-state index in [0.717, 1.165) is 25.5 Å². The SMILES string of the molecule is C=CCOCCC(C)CC[Si](OC)(OC)OC. The molecular formula is C12H26O4Si. The van der Waals surface area contributed by atoms with Crippen LogP contribution < -0.4 is 0 Å². The summed E-state index contributed by atoms with van der Waals surface area (Å²) in [6.07, 6.45) is 3.83. The van der Waals surface area contributed by atoms with Gasteiger partial charge >= 0.3 is 8.80 Å². The molecule has 0 aliphatic carbocycles. The zero-order valence-corrected chi connectivity index (χ0v) is 12.5. The van der Waals surface area contributed by atoms with E-state index in [4.69, 9.17) is 18.0 Å². The van der Waals surface area contributed by atoms with Crippen LogP contribution in [0.1, 0.15) is 19.8 Å². The van der Waals surface area contributed by atoms with E-state index in [1.807, 2.05) is 0 Å². The van der Waals surface area contributed by atoms with Crippen LogP contribution in [0.5, 0.6) is 0 Å². The quantitative estimate of drug-likeness (QED) is 0.326. The Balaban J connectivity index is 3.80. The summed E-state index contributed by atoms with van der Waals surface area (Å²) < 4.78 is 21.5. The third-order valence-electron chi connectivity index (χ3n) is 2.87. The molecule has 0 saturated heterocycles. The summed E-state index contributed by atoms with van der Waals surface area (Å²) in [7, 11) is 2.56. The maximum atomic E-state index is 5.38. The molecule has 4 nitrogen and oxygen atoms in total. The smallest absolute Gasteiger partial charge is 0.377 e. The molecule has 0 N–H and O–H groups in total. The fourth-order valence-electron chi connectivity index (χ4n) is 1.57. The minimum absolute atomic E-state index is 0.576. The van der Waals surface area contributed by atoms with Gasteiger partial charge in [0.05, 0.1) is 6.61 Å². The van der Waals surface area contributed by atoms with Crippen LogP contribution in [0, 0.1) is 5.92 Å². The molecule has 0 bridgehead atoms. The molecule has 0 radical (unpaired) electrons. The Hall–Kier alpha value is -0.203. The van der Waals surface area contributed by atoms with E-state index < -0.39 is 8.80 Å². The summed E-state index contributed by atoms with van der Waals surface area (Å²) in [5, 5.41) is 0. The first kappa shape index (κ1) is 16.8. The van der Waals surface area contributed by atoms with E-state index in [0.29, 0.717) is 12.5 Å². The molecule has 5 heteroatoms. The maximum absolute atomic E-state index is 5.38. The summed E-state index contributed by atoms with van der Waals surface area (Å²) in [6.45, 7) is 7.21. The molecule has 0 aromatic rings. The molecule has 102 valence electrons. The van der Waals surface area contributed by atoms with E-state index >= 15 is 0 Å². The number of rotatable bonds is 11. The van der Waals surface area contributed by atoms with Gasteiger partial charge in [0, 0.05) is 34.0 Å². The highest BCUT2D eigenvalue weighted by Crippen LogP contribution is 2.20. The first-order valence-corrected chi connectivity index (χ1v) is 7.91. The van der Waals surface area contributed by atoms with Gasteiger partial charge in [-0.05, 0) is 18.8 Å². The van der Waals surface area contributed by atoms with Crippen LogP contribution in [-0.2, 0) is 18.0 Å². The van der Waals surface area contributed by atoms with Crippen molar-refractivity contribution in [1.82, 2.24) is 0 Å². The monoisotopic (exact) mass is 262 g/mol. The second-order valence-corrected chi connectivity index (χ2v) is 7.18. The Morgan fingerprint density at radius 1 is 1.12 bits per heavy atom. The number of ether oxygens (including phenoxy) is 1. The van der Waals surface area contributed by atoms with E-state index in [1.54, 1.807) is 27.4 Å². The van der Waals surface area contributed by atoms with Gasteiger partial charge in [0.2, 0.25) is 0 Å². The van der Waals surface area contributed by atoms with Crippen molar-refractivity contribution < 1.29 is 18.0 Å². The molecule has 0 aromatic heterocycles. The summed E-state index contributed by atoms with van der Waals surface area (Å²) >= 11 is 0. The van der Waals surface area contributed by atoms with Crippen LogP contribution in [0.25, 0.3) is 0 Å². The van der Waals surface area contributed by atoms with Gasteiger partial charge in [-0.2, -0.15) is 0 Å². The fourth-order valence-corrected chi connectivity index (χ4v) is 3.53. The third-order valence-corrected chi connectivity index (χ3v) is 5.63. The summed E-state index contributed by atoms with van der Waals surface area (Å²) in [6, 6.07) is 0.846. The molecule has 1 atom stereocenters. The molecule has 0 aliphatic rings. The Bertz CT molecular complexity index is 187. The minimum atomic E-state index is -2.39. The zero-order chi connectivity index (χ0) is 13.1. The molecule has 0 aliphatic heterocycles. The lowest BCUT2D eigenvalue weighted by Gasteiger charge is -2.25. The van der Waals surface area contributed by atoms with E-state index in [2.05, 4.69) is 13.5 Å². The standard InChI is InChI=1S/C12H26O4Si/c1-6-9-16-10-7-12(2)8-11-17(13-3,14-4)15-5/h6,12H,1,7-11H2,2-5H3. The Labute approximate surface area is 106 Å². The van der Waals surface area contributed by atoms with Crippen molar-refractivity contribution in [2.24, 2.45) is 5.92 Å². The lowest BCUT2D eigenvalue weighted by atomic mass is 10.1. The third kappa shape index (κ3) is 6.95. The van der Waals surface area contributed by atoms with Gasteiger partial charge in [0.15, 0.2) is 0 Å². The van der Waals surface area contributed by atoms with Gasteiger partial charge in [-0.15, -0.1) is 6.58 Å². The molecule has 0 spiro atoms. The van der Waals surface area contributed by atoms with Crippen molar-refractivity contribution in [2.45, 2.75) is 25.8 Å². The largest absolute Gasteiger partial charge is 0.500 e. The highest BCUT2D eigenvalue weighted by Gasteiger charge is 2.37. The molecule has 0 rings (SSSR count). The van der Waals surface area contributed by atoms with Gasteiger partial charge in [-0.3, -0.25) is 0 Å². The average Bonchev–Trinajstić information content (AvgIpc) is 2.37. The van der Waals surface area contributed by atoms with Crippen LogP contribution >= 0.6 is 0 Å². The Morgan fingerprint density at radius 3 is 2.18 bits per heavy atom. The van der Waals surface area contributed by atoms with Gasteiger partial charge in [0.1, 0.15) is 0 Å². The van der Waals surface area contributed by atoms with E-state index in [1.165, 1.54) is 0 Å². The zero-order valence-electron chi connectivity index (χ0n) is 11.5. The van der Waals surface area contributed by atoms with Crippen LogP contribution in [0.15, 0.2) is 12.7 Å². The predicted octanol–water partition coefficient (Wildman–Crippen LogP) is 2.48. The second-order valence-electron chi connectivity index (χ2n) is 4.09. The first-order chi connectivity index (χ1) is 8.14. The van der Waals surface area contributed by atoms with Crippen LogP contribution in [-0.4, -0.2) is 43.3 Å². The fraction of sp³-hybridized carbons (Fsp3) is 0.833. The van der Waals surface area contributed by atoms with Gasteiger partial charge in [-0.1, -0.05) is 13.0 Å². The maximum Gasteiger partial charge on any atom is 0.500 e. The van der Waals surface area contributed by atoms with Gasteiger partial charge < -0.3 is 18.0 Å². The Kier molecular flexibility index (Phi) is 9.67. The van der Waals surface area contributed by atoms with Crippen LogP contribution in [0.4, 0.5) is 0 Å². The lowest BCUT2D eigenvalue weighted by Crippen LogP contribution is -2.42. The highest BCUT2D eigenvalue weighted by molar-refractivity contribution is 6.60. The molecule has 0 aromatic carbocycles. The molecule has 0 saturated carbocycles. The van der Waals surface area contributed by atoms with Crippen molar-refractivity contribution in [3.8, 4) is 0 Å². The molecule has 0 fully saturated rings. The van der Waals surface area contributed by atoms with Crippen molar-refractivity contribution >= 4 is 8.80 Å². The van der Waals surface area contributed by atoms with E-state index in [9.17, 15) is 0 Å². The van der Waals surface area contributed by atoms with Crippen molar-refractivity contribution in [1.29, 1.82) is 0 Å². The van der Waals surface area contributed by atoms with Gasteiger partial charge in [0.25, 0.3) is 0 Å². The molecule has 17 heavy (non-hydrogen) atoms. The first-order valence-electron chi connectivity index (χ1n) is 5.98. The van der Waals surface area contributed by atoms with Crippen molar-refractivity contribution in [3.05, 3.63) is 12.7 Å².